The van der Waals surface area contributed by atoms with Gasteiger partial charge in [0.25, 0.3) is 0 Å². The summed E-state index contributed by atoms with van der Waals surface area (Å²) in [4.78, 5) is 0. The Balaban J connectivity index is 0.00000104. The molecule has 0 saturated carbocycles. The second kappa shape index (κ2) is 8.30. The monoisotopic (exact) mass is 521 g/mol. The number of benzene rings is 1. The molecule has 2 aliphatic carbocycles. The van der Waals surface area contributed by atoms with Gasteiger partial charge in [0.15, 0.2) is 0 Å². The standard InChI is InChI=1S/C13H10N.C7H9.2BrH.Zr/c1-2-6-12-10-13(9-11(12)5-1)14-7-3-4-8-14;1-6-4-3-5-7(6)2;;;/h1-10H;4H,3H2,1-2H3;2*1H;/q;;;;+2/p-2. The first-order chi connectivity index (χ1) is 10.7. The third kappa shape index (κ3) is 3.57. The Labute approximate surface area is 176 Å². The van der Waals surface area contributed by atoms with Crippen LogP contribution in [0.4, 0.5) is 0 Å². The SMILES string of the molecule is CC1=CC[C]([Zr+2][CH]2C(n3cccc3)=Cc3ccccc32)=C1C.[Br-].[Br-]. The molecule has 0 N–H and O–H groups in total. The minimum absolute atomic E-state index is 0. The number of halogens is 2. The predicted molar refractivity (Wildman–Crippen MR) is 88.9 cm³/mol. The molecule has 0 spiro atoms. The molecule has 0 fully saturated rings. The van der Waals surface area contributed by atoms with Crippen molar-refractivity contribution in [2.45, 2.75) is 23.9 Å². The van der Waals surface area contributed by atoms with Crippen molar-refractivity contribution < 1.29 is 57.2 Å². The van der Waals surface area contributed by atoms with E-state index in [1.165, 1.54) is 23.3 Å². The summed E-state index contributed by atoms with van der Waals surface area (Å²) in [6.45, 7) is 4.57. The predicted octanol–water partition coefficient (Wildman–Crippen LogP) is -0.745. The van der Waals surface area contributed by atoms with Crippen molar-refractivity contribution in [3.8, 4) is 0 Å². The van der Waals surface area contributed by atoms with Gasteiger partial charge in [-0.3, -0.25) is 0 Å². The van der Waals surface area contributed by atoms with Crippen LogP contribution in [0.25, 0.3) is 11.8 Å². The molecule has 1 aromatic heterocycles. The summed E-state index contributed by atoms with van der Waals surface area (Å²) in [6.07, 6.45) is 10.4. The van der Waals surface area contributed by atoms with E-state index in [9.17, 15) is 0 Å². The van der Waals surface area contributed by atoms with Crippen LogP contribution in [-0.4, -0.2) is 4.57 Å². The fourth-order valence-corrected chi connectivity index (χ4v) is 7.71. The van der Waals surface area contributed by atoms with Gasteiger partial charge in [0, 0.05) is 0 Å². The Morgan fingerprint density at radius 2 is 1.71 bits per heavy atom. The largest absolute Gasteiger partial charge is 1.00 e. The summed E-state index contributed by atoms with van der Waals surface area (Å²) >= 11 is -0.687. The first-order valence-corrected chi connectivity index (χ1v) is 10.5. The van der Waals surface area contributed by atoms with Crippen LogP contribution >= 0.6 is 0 Å². The minimum atomic E-state index is -0.687. The summed E-state index contributed by atoms with van der Waals surface area (Å²) < 4.78 is 4.72. The normalized spacial score (nSPS) is 18.2. The molecular weight excluding hydrogens is 505 g/mol. The Morgan fingerprint density at radius 3 is 2.38 bits per heavy atom. The molecule has 2 aromatic rings. The van der Waals surface area contributed by atoms with E-state index in [0.717, 1.165) is 0 Å². The van der Waals surface area contributed by atoms with Crippen molar-refractivity contribution in [1.82, 2.24) is 4.57 Å². The third-order valence-electron chi connectivity index (χ3n) is 4.78. The summed E-state index contributed by atoms with van der Waals surface area (Å²) in [6, 6.07) is 13.2. The molecule has 0 bridgehead atoms. The van der Waals surface area contributed by atoms with Crippen LogP contribution in [-0.2, 0) is 23.2 Å². The molecule has 24 heavy (non-hydrogen) atoms. The maximum absolute atomic E-state index is 2.41. The average molecular weight is 524 g/mol. The van der Waals surface area contributed by atoms with Crippen molar-refractivity contribution in [1.29, 1.82) is 0 Å². The van der Waals surface area contributed by atoms with Crippen LogP contribution in [0.3, 0.4) is 0 Å². The fraction of sp³-hybridized carbons (Fsp3) is 0.200. The van der Waals surface area contributed by atoms with Crippen LogP contribution in [0.5, 0.6) is 0 Å². The van der Waals surface area contributed by atoms with E-state index < -0.39 is 23.2 Å². The number of allylic oxidation sites excluding steroid dienone is 5. The van der Waals surface area contributed by atoms with Crippen molar-refractivity contribution in [2.75, 3.05) is 0 Å². The molecule has 1 aromatic carbocycles. The van der Waals surface area contributed by atoms with Crippen LogP contribution < -0.4 is 34.0 Å². The van der Waals surface area contributed by atoms with E-state index in [-0.39, 0.29) is 34.0 Å². The van der Waals surface area contributed by atoms with Crippen LogP contribution in [0.1, 0.15) is 35.0 Å². The second-order valence-electron chi connectivity index (χ2n) is 6.06. The zero-order valence-electron chi connectivity index (χ0n) is 13.8. The van der Waals surface area contributed by atoms with Gasteiger partial charge >= 0.3 is 144 Å². The molecule has 0 amide bonds. The molecule has 4 heteroatoms. The smallest absolute Gasteiger partial charge is 1.00 e. The van der Waals surface area contributed by atoms with Crippen molar-refractivity contribution in [2.24, 2.45) is 0 Å². The van der Waals surface area contributed by atoms with E-state index in [1.807, 2.05) is 0 Å². The van der Waals surface area contributed by atoms with Gasteiger partial charge in [0.2, 0.25) is 0 Å². The van der Waals surface area contributed by atoms with E-state index in [2.05, 4.69) is 79.4 Å². The summed E-state index contributed by atoms with van der Waals surface area (Å²) in [5.41, 5.74) is 7.50. The molecule has 2 aliphatic rings. The van der Waals surface area contributed by atoms with Gasteiger partial charge in [-0.1, -0.05) is 0 Å². The van der Waals surface area contributed by atoms with Gasteiger partial charge in [-0.25, -0.2) is 0 Å². The number of aromatic nitrogens is 1. The van der Waals surface area contributed by atoms with E-state index in [1.54, 1.807) is 14.4 Å². The molecule has 1 nitrogen and oxygen atoms in total. The Hall–Kier alpha value is -0.437. The van der Waals surface area contributed by atoms with E-state index in [4.69, 9.17) is 0 Å². The average Bonchev–Trinajstić information content (AvgIpc) is 3.23. The summed E-state index contributed by atoms with van der Waals surface area (Å²) in [5, 5.41) is 0. The van der Waals surface area contributed by atoms with Gasteiger partial charge < -0.3 is 34.0 Å². The molecule has 0 radical (unpaired) electrons. The first-order valence-electron chi connectivity index (χ1n) is 7.81. The number of rotatable bonds is 3. The Bertz CT molecular complexity index is 816. The van der Waals surface area contributed by atoms with Gasteiger partial charge in [-0.15, -0.1) is 0 Å². The third-order valence-corrected chi connectivity index (χ3v) is 9.26. The van der Waals surface area contributed by atoms with Crippen LogP contribution in [0.2, 0.25) is 0 Å². The Kier molecular flexibility index (Phi) is 6.87. The zero-order valence-corrected chi connectivity index (χ0v) is 19.4. The topological polar surface area (TPSA) is 4.93 Å². The van der Waals surface area contributed by atoms with E-state index >= 15 is 0 Å². The number of hydrogen-bond donors (Lipinski definition) is 0. The van der Waals surface area contributed by atoms with Gasteiger partial charge in [-0.05, 0) is 0 Å². The molecule has 4 rings (SSSR count). The number of nitrogens with zero attached hydrogens (tertiary/aromatic N) is 1. The molecule has 1 heterocycles. The first kappa shape index (κ1) is 19.9. The maximum Gasteiger partial charge on any atom is -1.00 e. The fourth-order valence-electron chi connectivity index (χ4n) is 3.33. The maximum atomic E-state index is 2.41. The summed E-state index contributed by atoms with van der Waals surface area (Å²) in [5.74, 6) is 0. The molecular formula is C20H19Br2NZr. The van der Waals surface area contributed by atoms with Crippen LogP contribution in [0.15, 0.2) is 69.3 Å². The van der Waals surface area contributed by atoms with Gasteiger partial charge in [-0.2, -0.15) is 0 Å². The van der Waals surface area contributed by atoms with Gasteiger partial charge in [0.05, 0.1) is 0 Å². The number of hydrogen-bond acceptors (Lipinski definition) is 0. The second-order valence-corrected chi connectivity index (χ2v) is 9.67. The van der Waals surface area contributed by atoms with Crippen molar-refractivity contribution in [3.05, 3.63) is 80.4 Å². The zero-order chi connectivity index (χ0) is 15.1. The van der Waals surface area contributed by atoms with Gasteiger partial charge in [0.1, 0.15) is 0 Å². The molecule has 122 valence electrons. The van der Waals surface area contributed by atoms with E-state index in [0.29, 0.717) is 3.63 Å². The quantitative estimate of drug-likeness (QED) is 0.499. The van der Waals surface area contributed by atoms with Crippen molar-refractivity contribution >= 4 is 11.8 Å². The number of fused-ring (bicyclic) bond motifs is 1. The molecule has 1 unspecified atom stereocenters. The summed E-state index contributed by atoms with van der Waals surface area (Å²) in [7, 11) is 0. The minimum Gasteiger partial charge on any atom is -1.00 e. The molecule has 0 saturated heterocycles. The molecule has 0 aliphatic heterocycles. The van der Waals surface area contributed by atoms with Crippen molar-refractivity contribution in [3.63, 3.8) is 0 Å². The molecule has 1 atom stereocenters. The van der Waals surface area contributed by atoms with Crippen LogP contribution in [0, 0.1) is 0 Å². The Morgan fingerprint density at radius 1 is 1.00 bits per heavy atom.